The Bertz CT molecular complexity index is 105. The lowest BCUT2D eigenvalue weighted by Gasteiger charge is -2.06. The Morgan fingerprint density at radius 1 is 1.60 bits per heavy atom. The van der Waals surface area contributed by atoms with Crippen molar-refractivity contribution in [3.05, 3.63) is 0 Å². The van der Waals surface area contributed by atoms with Gasteiger partial charge >= 0.3 is 0 Å². The Morgan fingerprint density at radius 2 is 2.20 bits per heavy atom. The summed E-state index contributed by atoms with van der Waals surface area (Å²) in [5.74, 6) is 3.07. The molecule has 58 valence electrons. The Kier molecular flexibility index (Phi) is 3.15. The Morgan fingerprint density at radius 3 is 2.50 bits per heavy atom. The van der Waals surface area contributed by atoms with E-state index in [0.717, 1.165) is 17.7 Å². The first-order valence-electron chi connectivity index (χ1n) is 4.32. The lowest BCUT2D eigenvalue weighted by Crippen LogP contribution is -2.06. The summed E-state index contributed by atoms with van der Waals surface area (Å²) < 4.78 is 0. The third kappa shape index (κ3) is 1.95. The fourth-order valence-electron chi connectivity index (χ4n) is 1.66. The molecule has 1 rings (SSSR count). The minimum Gasteiger partial charge on any atom is -0.213 e. The van der Waals surface area contributed by atoms with E-state index in [1.165, 1.54) is 19.2 Å². The third-order valence-corrected chi connectivity index (χ3v) is 3.72. The van der Waals surface area contributed by atoms with E-state index in [9.17, 15) is 0 Å². The molecule has 0 heterocycles. The molecule has 0 aromatic heterocycles. The van der Waals surface area contributed by atoms with Gasteiger partial charge in [0.05, 0.1) is 0 Å². The van der Waals surface area contributed by atoms with Crippen LogP contribution in [-0.2, 0) is 0 Å². The summed E-state index contributed by atoms with van der Waals surface area (Å²) in [6, 6.07) is 0. The molecule has 0 amide bonds. The molecule has 1 fully saturated rings. The fourth-order valence-corrected chi connectivity index (χ4v) is 2.86. The number of hydrogen-bond acceptors (Lipinski definition) is 1. The number of hydrogen-bond donors (Lipinski definition) is 0. The predicted molar refractivity (Wildman–Crippen MR) is 51.9 cm³/mol. The molecule has 0 aromatic rings. The predicted octanol–water partition coefficient (Wildman–Crippen LogP) is 3.16. The summed E-state index contributed by atoms with van der Waals surface area (Å²) >= 11 is 2.07. The Hall–Kier alpha value is 0.415. The Balaban J connectivity index is 2.20. The van der Waals surface area contributed by atoms with Gasteiger partial charge in [-0.25, -0.2) is 11.6 Å². The molecule has 1 aliphatic rings. The minimum absolute atomic E-state index is 0.972. The van der Waals surface area contributed by atoms with E-state index >= 15 is 0 Å². The maximum absolute atomic E-state index is 2.38. The van der Waals surface area contributed by atoms with Crippen molar-refractivity contribution in [2.75, 3.05) is 6.26 Å². The van der Waals surface area contributed by atoms with Crippen molar-refractivity contribution in [2.24, 2.45) is 5.92 Å². The monoisotopic (exact) mass is 156 g/mol. The van der Waals surface area contributed by atoms with Crippen LogP contribution in [0.25, 0.3) is 0 Å². The van der Waals surface area contributed by atoms with Crippen molar-refractivity contribution in [3.63, 3.8) is 0 Å². The molecule has 0 bridgehead atoms. The van der Waals surface area contributed by atoms with Crippen LogP contribution in [0.3, 0.4) is 0 Å². The van der Waals surface area contributed by atoms with Crippen molar-refractivity contribution < 1.29 is 0 Å². The molecule has 0 saturated heterocycles. The van der Waals surface area contributed by atoms with E-state index < -0.39 is 0 Å². The van der Waals surface area contributed by atoms with E-state index in [4.69, 9.17) is 0 Å². The molecule has 0 N–H and O–H groups in total. The van der Waals surface area contributed by atoms with E-state index in [-0.39, 0.29) is 0 Å². The standard InChI is InChI=1S/C8H17BS/c1-4-5-9(10-3)8-6-7(8)2/h7-8H,4-6H2,1-3H3. The van der Waals surface area contributed by atoms with E-state index in [1.807, 2.05) is 0 Å². The lowest BCUT2D eigenvalue weighted by atomic mass is 9.65. The quantitative estimate of drug-likeness (QED) is 0.563. The summed E-state index contributed by atoms with van der Waals surface area (Å²) in [6.45, 7) is 4.67. The minimum atomic E-state index is 0.972. The van der Waals surface area contributed by atoms with Crippen molar-refractivity contribution in [1.29, 1.82) is 0 Å². The summed E-state index contributed by atoms with van der Waals surface area (Å²) in [5.41, 5.74) is 0. The molecule has 0 radical (unpaired) electrons. The van der Waals surface area contributed by atoms with Crippen LogP contribution < -0.4 is 0 Å². The molecule has 1 aliphatic carbocycles. The van der Waals surface area contributed by atoms with Gasteiger partial charge < -0.3 is 0 Å². The summed E-state index contributed by atoms with van der Waals surface area (Å²) in [5, 5.41) is 0. The maximum atomic E-state index is 2.38. The van der Waals surface area contributed by atoms with Gasteiger partial charge in [-0.15, -0.1) is 0 Å². The molecule has 0 spiro atoms. The molecule has 2 atom stereocenters. The highest BCUT2D eigenvalue weighted by molar-refractivity contribution is 8.25. The van der Waals surface area contributed by atoms with Gasteiger partial charge in [-0.1, -0.05) is 33.0 Å². The maximum Gasteiger partial charge on any atom is 0.212 e. The van der Waals surface area contributed by atoms with Crippen LogP contribution in [0.1, 0.15) is 26.7 Å². The fraction of sp³-hybridized carbons (Fsp3) is 1.00. The van der Waals surface area contributed by atoms with Crippen LogP contribution in [0.15, 0.2) is 0 Å². The van der Waals surface area contributed by atoms with E-state index in [1.54, 1.807) is 0 Å². The van der Waals surface area contributed by atoms with Crippen LogP contribution in [0.4, 0.5) is 0 Å². The largest absolute Gasteiger partial charge is 0.213 e. The molecule has 0 nitrogen and oxygen atoms in total. The van der Waals surface area contributed by atoms with Gasteiger partial charge in [-0.05, 0) is 18.0 Å². The highest BCUT2D eigenvalue weighted by atomic mass is 32.2. The second-order valence-electron chi connectivity index (χ2n) is 3.44. The average molecular weight is 156 g/mol. The third-order valence-electron chi connectivity index (χ3n) is 2.53. The van der Waals surface area contributed by atoms with Gasteiger partial charge in [0, 0.05) is 0 Å². The summed E-state index contributed by atoms with van der Waals surface area (Å²) in [4.78, 5) is 0. The van der Waals surface area contributed by atoms with Crippen LogP contribution >= 0.6 is 11.6 Å². The molecule has 2 unspecified atom stereocenters. The zero-order valence-corrected chi connectivity index (χ0v) is 8.08. The summed E-state index contributed by atoms with van der Waals surface area (Å²) in [6.07, 6.45) is 6.53. The topological polar surface area (TPSA) is 0 Å². The second kappa shape index (κ2) is 3.70. The van der Waals surface area contributed by atoms with Gasteiger partial charge in [0.15, 0.2) is 0 Å². The molecule has 0 aromatic carbocycles. The zero-order valence-electron chi connectivity index (χ0n) is 7.26. The van der Waals surface area contributed by atoms with E-state index in [2.05, 4.69) is 31.7 Å². The van der Waals surface area contributed by atoms with Gasteiger partial charge in [0.25, 0.3) is 0 Å². The lowest BCUT2D eigenvalue weighted by molar-refractivity contribution is 0.967. The van der Waals surface area contributed by atoms with Gasteiger partial charge in [-0.2, -0.15) is 0 Å². The first-order valence-corrected chi connectivity index (χ1v) is 5.61. The average Bonchev–Trinajstić information content (AvgIpc) is 2.62. The van der Waals surface area contributed by atoms with Gasteiger partial charge in [-0.3, -0.25) is 0 Å². The molecule has 0 aliphatic heterocycles. The first kappa shape index (κ1) is 8.51. The first-order chi connectivity index (χ1) is 4.79. The van der Waals surface area contributed by atoms with Crippen LogP contribution in [0.5, 0.6) is 0 Å². The molecule has 1 saturated carbocycles. The summed E-state index contributed by atoms with van der Waals surface area (Å²) in [7, 11) is 0. The molecular weight excluding hydrogens is 139 g/mol. The van der Waals surface area contributed by atoms with Crippen LogP contribution in [0, 0.1) is 5.92 Å². The highest BCUT2D eigenvalue weighted by Gasteiger charge is 2.40. The van der Waals surface area contributed by atoms with Crippen molar-refractivity contribution in [1.82, 2.24) is 0 Å². The zero-order chi connectivity index (χ0) is 7.56. The van der Waals surface area contributed by atoms with Crippen molar-refractivity contribution in [3.8, 4) is 0 Å². The number of rotatable bonds is 4. The van der Waals surface area contributed by atoms with Gasteiger partial charge in [0.2, 0.25) is 5.99 Å². The smallest absolute Gasteiger partial charge is 0.212 e. The van der Waals surface area contributed by atoms with Gasteiger partial charge in [0.1, 0.15) is 0 Å². The highest BCUT2D eigenvalue weighted by Crippen LogP contribution is 2.50. The van der Waals surface area contributed by atoms with E-state index in [0.29, 0.717) is 0 Å². The molecular formula is C8H17BS. The molecule has 2 heteroatoms. The van der Waals surface area contributed by atoms with Crippen LogP contribution in [0.2, 0.25) is 12.1 Å². The SMILES string of the molecule is CCCB(SC)C1CC1C. The normalized spacial score (nSPS) is 30.3. The molecule has 10 heavy (non-hydrogen) atoms. The van der Waals surface area contributed by atoms with Crippen LogP contribution in [-0.4, -0.2) is 12.2 Å². The van der Waals surface area contributed by atoms with Crippen molar-refractivity contribution >= 4 is 17.6 Å². The van der Waals surface area contributed by atoms with Crippen molar-refractivity contribution in [2.45, 2.75) is 38.8 Å². The second-order valence-corrected chi connectivity index (χ2v) is 4.52. The Labute approximate surface area is 69.1 Å².